The molecule has 0 spiro atoms. The smallest absolute Gasteiger partial charge is 0.271 e. The summed E-state index contributed by atoms with van der Waals surface area (Å²) >= 11 is 0. The molecule has 6 heteroatoms. The minimum absolute atomic E-state index is 0.222. The van der Waals surface area contributed by atoms with Crippen molar-refractivity contribution < 1.29 is 0 Å². The van der Waals surface area contributed by atoms with Gasteiger partial charge in [0.05, 0.1) is 6.20 Å². The summed E-state index contributed by atoms with van der Waals surface area (Å²) in [6, 6.07) is 3.36. The molecule has 2 aromatic rings. The molecule has 0 aliphatic carbocycles. The molecule has 15 heavy (non-hydrogen) atoms. The highest BCUT2D eigenvalue weighted by Crippen LogP contribution is 2.16. The molecule has 2 heterocycles. The zero-order valence-corrected chi connectivity index (χ0v) is 7.77. The van der Waals surface area contributed by atoms with Gasteiger partial charge in [-0.15, -0.1) is 0 Å². The summed E-state index contributed by atoms with van der Waals surface area (Å²) in [7, 11) is 0. The number of H-pyrrole nitrogens is 1. The van der Waals surface area contributed by atoms with Crippen molar-refractivity contribution in [1.29, 1.82) is 0 Å². The number of rotatable bonds is 2. The lowest BCUT2D eigenvalue weighted by Crippen LogP contribution is -2.11. The molecule has 0 fully saturated rings. The molecule has 4 N–H and O–H groups in total. The van der Waals surface area contributed by atoms with Crippen LogP contribution < -0.4 is 16.6 Å². The Morgan fingerprint density at radius 1 is 1.40 bits per heavy atom. The molecular formula is C9H9N5O. The average molecular weight is 203 g/mol. The molecule has 2 aromatic heterocycles. The molecule has 2 rings (SSSR count). The molecule has 0 amide bonds. The monoisotopic (exact) mass is 203 g/mol. The van der Waals surface area contributed by atoms with E-state index in [-0.39, 0.29) is 5.56 Å². The van der Waals surface area contributed by atoms with Crippen molar-refractivity contribution in [3.8, 4) is 0 Å². The number of nitrogens with zero attached hydrogens (tertiary/aromatic N) is 2. The third kappa shape index (κ3) is 1.93. The summed E-state index contributed by atoms with van der Waals surface area (Å²) in [6.45, 7) is 0. The largest absolute Gasteiger partial charge is 0.382 e. The van der Waals surface area contributed by atoms with Gasteiger partial charge in [-0.1, -0.05) is 0 Å². The summed E-state index contributed by atoms with van der Waals surface area (Å²) < 4.78 is 0. The first kappa shape index (κ1) is 9.20. The van der Waals surface area contributed by atoms with E-state index < -0.39 is 0 Å². The van der Waals surface area contributed by atoms with Crippen LogP contribution in [0, 0.1) is 0 Å². The molecule has 0 radical (unpaired) electrons. The Labute approximate surface area is 85.2 Å². The van der Waals surface area contributed by atoms with Crippen molar-refractivity contribution in [3.63, 3.8) is 0 Å². The molecule has 0 unspecified atom stereocenters. The number of nitrogens with one attached hydrogen (secondary N) is 2. The quantitative estimate of drug-likeness (QED) is 0.660. The van der Waals surface area contributed by atoms with E-state index in [0.717, 1.165) is 0 Å². The van der Waals surface area contributed by atoms with Crippen LogP contribution in [0.2, 0.25) is 0 Å². The predicted molar refractivity (Wildman–Crippen MR) is 56.8 cm³/mol. The Kier molecular flexibility index (Phi) is 2.32. The van der Waals surface area contributed by atoms with E-state index in [2.05, 4.69) is 20.3 Å². The number of aromatic nitrogens is 3. The normalized spacial score (nSPS) is 9.87. The number of hydrogen-bond acceptors (Lipinski definition) is 5. The molecule has 0 saturated heterocycles. The Balaban J connectivity index is 2.34. The third-order valence-electron chi connectivity index (χ3n) is 1.83. The number of nitrogens with two attached hydrogens (primary N) is 1. The van der Waals surface area contributed by atoms with E-state index in [4.69, 9.17) is 5.73 Å². The minimum atomic E-state index is -0.222. The van der Waals surface area contributed by atoms with Crippen molar-refractivity contribution in [2.24, 2.45) is 0 Å². The second-order valence-corrected chi connectivity index (χ2v) is 2.86. The second kappa shape index (κ2) is 3.79. The van der Waals surface area contributed by atoms with E-state index in [1.54, 1.807) is 18.3 Å². The van der Waals surface area contributed by atoms with E-state index >= 15 is 0 Å². The standard InChI is InChI=1S/C9H9N5O/c10-8-7(4-11-5-13-8)14-6-2-1-3-12-9(6)15/h1-5,14H,(H,12,15)(H2,10,11,13). The molecule has 6 nitrogen and oxygen atoms in total. The highest BCUT2D eigenvalue weighted by molar-refractivity contribution is 5.67. The molecule has 0 bridgehead atoms. The van der Waals surface area contributed by atoms with E-state index in [1.165, 1.54) is 12.5 Å². The summed E-state index contributed by atoms with van der Waals surface area (Å²) in [6.07, 6.45) is 4.41. The van der Waals surface area contributed by atoms with Crippen LogP contribution in [0.4, 0.5) is 17.2 Å². The van der Waals surface area contributed by atoms with Crippen LogP contribution in [0.5, 0.6) is 0 Å². The SMILES string of the molecule is Nc1ncncc1Nc1ccc[nH]c1=O. The van der Waals surface area contributed by atoms with Crippen molar-refractivity contribution in [2.45, 2.75) is 0 Å². The molecular weight excluding hydrogens is 194 g/mol. The van der Waals surface area contributed by atoms with Crippen LogP contribution in [0.3, 0.4) is 0 Å². The number of pyridine rings is 1. The number of nitrogen functional groups attached to an aromatic ring is 1. The fourth-order valence-electron chi connectivity index (χ4n) is 1.10. The number of anilines is 3. The number of aromatic amines is 1. The first-order valence-electron chi connectivity index (χ1n) is 4.27. The maximum atomic E-state index is 11.3. The van der Waals surface area contributed by atoms with Crippen molar-refractivity contribution >= 4 is 17.2 Å². The van der Waals surface area contributed by atoms with Crippen LogP contribution in [0.15, 0.2) is 35.6 Å². The average Bonchev–Trinajstić information content (AvgIpc) is 2.24. The topological polar surface area (TPSA) is 96.7 Å². The van der Waals surface area contributed by atoms with Gasteiger partial charge >= 0.3 is 0 Å². The highest BCUT2D eigenvalue weighted by Gasteiger charge is 2.02. The van der Waals surface area contributed by atoms with Crippen molar-refractivity contribution in [2.75, 3.05) is 11.1 Å². The molecule has 76 valence electrons. The van der Waals surface area contributed by atoms with Crippen LogP contribution in [-0.2, 0) is 0 Å². The third-order valence-corrected chi connectivity index (χ3v) is 1.83. The zero-order valence-electron chi connectivity index (χ0n) is 7.77. The minimum Gasteiger partial charge on any atom is -0.382 e. The molecule has 0 saturated carbocycles. The lowest BCUT2D eigenvalue weighted by molar-refractivity contribution is 1.17. The van der Waals surface area contributed by atoms with E-state index in [1.807, 2.05) is 0 Å². The Morgan fingerprint density at radius 2 is 2.27 bits per heavy atom. The van der Waals surface area contributed by atoms with Crippen molar-refractivity contribution in [3.05, 3.63) is 41.2 Å². The fraction of sp³-hybridized carbons (Fsp3) is 0. The molecule has 0 aliphatic heterocycles. The van der Waals surface area contributed by atoms with Gasteiger partial charge in [0.1, 0.15) is 17.7 Å². The molecule has 0 atom stereocenters. The maximum absolute atomic E-state index is 11.3. The maximum Gasteiger partial charge on any atom is 0.271 e. The van der Waals surface area contributed by atoms with Gasteiger partial charge < -0.3 is 16.0 Å². The van der Waals surface area contributed by atoms with Gasteiger partial charge in [0.15, 0.2) is 5.82 Å². The summed E-state index contributed by atoms with van der Waals surface area (Å²) in [5.41, 5.74) is 6.28. The first-order valence-corrected chi connectivity index (χ1v) is 4.27. The van der Waals surface area contributed by atoms with Gasteiger partial charge in [0, 0.05) is 6.20 Å². The van der Waals surface area contributed by atoms with Crippen LogP contribution in [-0.4, -0.2) is 15.0 Å². The molecule has 0 aliphatic rings. The lowest BCUT2D eigenvalue weighted by Gasteiger charge is -2.05. The second-order valence-electron chi connectivity index (χ2n) is 2.86. The number of hydrogen-bond donors (Lipinski definition) is 3. The Bertz CT molecular complexity index is 522. The molecule has 0 aromatic carbocycles. The van der Waals surface area contributed by atoms with Crippen LogP contribution in [0.1, 0.15) is 0 Å². The highest BCUT2D eigenvalue weighted by atomic mass is 16.1. The first-order chi connectivity index (χ1) is 7.27. The van der Waals surface area contributed by atoms with Gasteiger partial charge in [-0.2, -0.15) is 0 Å². The predicted octanol–water partition coefficient (Wildman–Crippen LogP) is 0.491. The Hall–Kier alpha value is -2.37. The van der Waals surface area contributed by atoms with Gasteiger partial charge in [0.2, 0.25) is 0 Å². The lowest BCUT2D eigenvalue weighted by atomic mass is 10.4. The van der Waals surface area contributed by atoms with E-state index in [9.17, 15) is 4.79 Å². The van der Waals surface area contributed by atoms with Gasteiger partial charge in [-0.05, 0) is 12.1 Å². The van der Waals surface area contributed by atoms with Gasteiger partial charge in [-0.3, -0.25) is 4.79 Å². The summed E-state index contributed by atoms with van der Waals surface area (Å²) in [5, 5.41) is 2.85. The van der Waals surface area contributed by atoms with Crippen LogP contribution in [0.25, 0.3) is 0 Å². The summed E-state index contributed by atoms with van der Waals surface area (Å²) in [5.74, 6) is 0.299. The van der Waals surface area contributed by atoms with Crippen molar-refractivity contribution in [1.82, 2.24) is 15.0 Å². The van der Waals surface area contributed by atoms with Crippen LogP contribution >= 0.6 is 0 Å². The summed E-state index contributed by atoms with van der Waals surface area (Å²) in [4.78, 5) is 21.5. The Morgan fingerprint density at radius 3 is 3.00 bits per heavy atom. The van der Waals surface area contributed by atoms with E-state index in [0.29, 0.717) is 17.2 Å². The van der Waals surface area contributed by atoms with Gasteiger partial charge in [0.25, 0.3) is 5.56 Å². The van der Waals surface area contributed by atoms with Gasteiger partial charge in [-0.25, -0.2) is 9.97 Å². The zero-order chi connectivity index (χ0) is 10.7. The fourth-order valence-corrected chi connectivity index (χ4v) is 1.10.